The Bertz CT molecular complexity index is 848. The fourth-order valence-corrected chi connectivity index (χ4v) is 2.63. The van der Waals surface area contributed by atoms with E-state index < -0.39 is 0 Å². The van der Waals surface area contributed by atoms with Crippen molar-refractivity contribution in [2.75, 3.05) is 13.2 Å². The third kappa shape index (κ3) is 4.23. The van der Waals surface area contributed by atoms with Gasteiger partial charge < -0.3 is 9.72 Å². The van der Waals surface area contributed by atoms with Crippen molar-refractivity contribution in [3.05, 3.63) is 71.7 Å². The largest absolute Gasteiger partial charge is 0.377 e. The number of amides is 1. The number of rotatable bonds is 7. The molecule has 0 saturated heterocycles. The molecule has 1 heterocycles. The number of hydrogen-bond donors (Lipinski definition) is 2. The number of hydrazine groups is 1. The number of carbonyl (C=O) groups is 1. The predicted octanol–water partition coefficient (Wildman–Crippen LogP) is 3.23. The molecular weight excluding hydrogens is 321 g/mol. The van der Waals surface area contributed by atoms with E-state index in [1.807, 2.05) is 30.3 Å². The molecule has 0 atom stereocenters. The van der Waals surface area contributed by atoms with Crippen molar-refractivity contribution in [3.63, 3.8) is 0 Å². The van der Waals surface area contributed by atoms with E-state index in [4.69, 9.17) is 10.6 Å². The van der Waals surface area contributed by atoms with Crippen LogP contribution in [0.3, 0.4) is 0 Å². The first-order valence-electron chi connectivity index (χ1n) is 8.10. The molecule has 0 aliphatic rings. The van der Waals surface area contributed by atoms with Crippen LogP contribution >= 0.6 is 0 Å². The maximum atomic E-state index is 13.4. The second-order valence-corrected chi connectivity index (χ2v) is 5.78. The van der Waals surface area contributed by atoms with E-state index in [1.165, 1.54) is 12.1 Å². The zero-order valence-corrected chi connectivity index (χ0v) is 13.7. The monoisotopic (exact) mass is 341 g/mol. The summed E-state index contributed by atoms with van der Waals surface area (Å²) < 4.78 is 19.0. The van der Waals surface area contributed by atoms with Crippen LogP contribution in [0.5, 0.6) is 0 Å². The minimum Gasteiger partial charge on any atom is -0.377 e. The number of fused-ring (bicyclic) bond motifs is 1. The van der Waals surface area contributed by atoms with Crippen LogP contribution in [0.1, 0.15) is 22.3 Å². The second kappa shape index (κ2) is 7.92. The first kappa shape index (κ1) is 17.1. The van der Waals surface area contributed by atoms with Crippen molar-refractivity contribution in [2.24, 2.45) is 5.84 Å². The Morgan fingerprint density at radius 3 is 2.80 bits per heavy atom. The number of benzene rings is 2. The molecule has 6 heteroatoms. The van der Waals surface area contributed by atoms with Gasteiger partial charge in [0.05, 0.1) is 12.2 Å². The summed E-state index contributed by atoms with van der Waals surface area (Å²) in [6.45, 7) is 1.38. The van der Waals surface area contributed by atoms with Crippen LogP contribution in [0.2, 0.25) is 0 Å². The zero-order chi connectivity index (χ0) is 17.6. The van der Waals surface area contributed by atoms with Crippen molar-refractivity contribution in [1.82, 2.24) is 9.99 Å². The number of ether oxygens (including phenoxy) is 1. The maximum absolute atomic E-state index is 13.4. The number of hydrogen-bond acceptors (Lipinski definition) is 3. The van der Waals surface area contributed by atoms with Gasteiger partial charge in [-0.1, -0.05) is 30.3 Å². The van der Waals surface area contributed by atoms with Gasteiger partial charge in [0, 0.05) is 30.3 Å². The number of nitrogens with one attached hydrogen (secondary N) is 1. The summed E-state index contributed by atoms with van der Waals surface area (Å²) in [5.41, 5.74) is 2.16. The van der Waals surface area contributed by atoms with Crippen LogP contribution in [0, 0.1) is 5.82 Å². The molecule has 0 aliphatic heterocycles. The SMILES string of the molecule is NN(CCCOCc1ccccc1)C(=O)c1c[nH]c2ccc(F)cc12. The van der Waals surface area contributed by atoms with E-state index in [2.05, 4.69) is 4.98 Å². The highest BCUT2D eigenvalue weighted by atomic mass is 19.1. The fraction of sp³-hybridized carbons (Fsp3) is 0.211. The van der Waals surface area contributed by atoms with Crippen molar-refractivity contribution in [3.8, 4) is 0 Å². The summed E-state index contributed by atoms with van der Waals surface area (Å²) in [5, 5.41) is 1.67. The Morgan fingerprint density at radius 1 is 1.20 bits per heavy atom. The summed E-state index contributed by atoms with van der Waals surface area (Å²) in [7, 11) is 0. The lowest BCUT2D eigenvalue weighted by Gasteiger charge is -2.16. The smallest absolute Gasteiger partial charge is 0.269 e. The Morgan fingerprint density at radius 2 is 2.00 bits per heavy atom. The quantitative estimate of drug-likeness (QED) is 0.300. The minimum atomic E-state index is -0.390. The molecule has 0 fully saturated rings. The normalized spacial score (nSPS) is 11.0. The first-order valence-corrected chi connectivity index (χ1v) is 8.10. The predicted molar refractivity (Wildman–Crippen MR) is 94.2 cm³/mol. The number of nitrogens with two attached hydrogens (primary N) is 1. The summed E-state index contributed by atoms with van der Waals surface area (Å²) in [6, 6.07) is 14.1. The molecule has 3 aromatic rings. The number of carbonyl (C=O) groups excluding carboxylic acids is 1. The number of aromatic nitrogens is 1. The maximum Gasteiger partial charge on any atom is 0.269 e. The van der Waals surface area contributed by atoms with E-state index in [1.54, 1.807) is 12.3 Å². The molecule has 0 saturated carbocycles. The van der Waals surface area contributed by atoms with Crippen molar-refractivity contribution in [2.45, 2.75) is 13.0 Å². The van der Waals surface area contributed by atoms with Crippen LogP contribution in [-0.2, 0) is 11.3 Å². The Hall–Kier alpha value is -2.70. The van der Waals surface area contributed by atoms with Crippen molar-refractivity contribution >= 4 is 16.8 Å². The molecule has 0 bridgehead atoms. The third-order valence-electron chi connectivity index (χ3n) is 3.93. The molecule has 0 unspecified atom stereocenters. The fourth-order valence-electron chi connectivity index (χ4n) is 2.63. The highest BCUT2D eigenvalue weighted by molar-refractivity contribution is 6.06. The van der Waals surface area contributed by atoms with Gasteiger partial charge in [-0.05, 0) is 30.2 Å². The average Bonchev–Trinajstić information content (AvgIpc) is 3.04. The third-order valence-corrected chi connectivity index (χ3v) is 3.93. The van der Waals surface area contributed by atoms with Gasteiger partial charge >= 0.3 is 0 Å². The van der Waals surface area contributed by atoms with Gasteiger partial charge in [0.2, 0.25) is 0 Å². The van der Waals surface area contributed by atoms with Crippen LogP contribution in [0.25, 0.3) is 10.9 Å². The molecule has 3 N–H and O–H groups in total. The van der Waals surface area contributed by atoms with Gasteiger partial charge in [-0.2, -0.15) is 0 Å². The molecular formula is C19H20FN3O2. The molecule has 5 nitrogen and oxygen atoms in total. The standard InChI is InChI=1S/C19H20FN3O2/c20-15-7-8-18-16(11-15)17(12-22-18)19(24)23(21)9-4-10-25-13-14-5-2-1-3-6-14/h1-3,5-8,11-12,22H,4,9-10,13,21H2. The van der Waals surface area contributed by atoms with Gasteiger partial charge in [0.15, 0.2) is 0 Å². The highest BCUT2D eigenvalue weighted by Gasteiger charge is 2.17. The number of halogens is 1. The molecule has 3 rings (SSSR count). The second-order valence-electron chi connectivity index (χ2n) is 5.78. The summed E-state index contributed by atoms with van der Waals surface area (Å²) in [4.78, 5) is 15.4. The summed E-state index contributed by atoms with van der Waals surface area (Å²) in [5.74, 6) is 5.11. The Labute approximate surface area is 145 Å². The van der Waals surface area contributed by atoms with Crippen LogP contribution in [-0.4, -0.2) is 29.1 Å². The van der Waals surface area contributed by atoms with E-state index >= 15 is 0 Å². The van der Waals surface area contributed by atoms with Gasteiger partial charge in [-0.25, -0.2) is 10.2 Å². The molecule has 0 radical (unpaired) electrons. The van der Waals surface area contributed by atoms with E-state index in [0.717, 1.165) is 10.6 Å². The van der Waals surface area contributed by atoms with Crippen LogP contribution in [0.15, 0.2) is 54.7 Å². The lowest BCUT2D eigenvalue weighted by molar-refractivity contribution is 0.0710. The highest BCUT2D eigenvalue weighted by Crippen LogP contribution is 2.20. The summed E-state index contributed by atoms with van der Waals surface area (Å²) in [6.07, 6.45) is 2.17. The molecule has 1 aromatic heterocycles. The van der Waals surface area contributed by atoms with Crippen LogP contribution in [0.4, 0.5) is 4.39 Å². The van der Waals surface area contributed by atoms with E-state index in [9.17, 15) is 9.18 Å². The molecule has 25 heavy (non-hydrogen) atoms. The van der Waals surface area contributed by atoms with Gasteiger partial charge in [-0.15, -0.1) is 0 Å². The van der Waals surface area contributed by atoms with Gasteiger partial charge in [-0.3, -0.25) is 9.80 Å². The van der Waals surface area contributed by atoms with Crippen LogP contribution < -0.4 is 5.84 Å². The minimum absolute atomic E-state index is 0.347. The molecule has 0 aliphatic carbocycles. The topological polar surface area (TPSA) is 71.3 Å². The lowest BCUT2D eigenvalue weighted by Crippen LogP contribution is -2.38. The van der Waals surface area contributed by atoms with E-state index in [0.29, 0.717) is 42.6 Å². The zero-order valence-electron chi connectivity index (χ0n) is 13.7. The lowest BCUT2D eigenvalue weighted by atomic mass is 10.1. The molecule has 130 valence electrons. The first-order chi connectivity index (χ1) is 12.1. The Balaban J connectivity index is 1.49. The van der Waals surface area contributed by atoms with Crippen molar-refractivity contribution in [1.29, 1.82) is 0 Å². The number of H-pyrrole nitrogens is 1. The van der Waals surface area contributed by atoms with E-state index in [-0.39, 0.29) is 11.7 Å². The molecule has 2 aromatic carbocycles. The molecule has 1 amide bonds. The molecule has 0 spiro atoms. The van der Waals surface area contributed by atoms with Gasteiger partial charge in [0.1, 0.15) is 5.82 Å². The Kier molecular flexibility index (Phi) is 5.42. The number of nitrogens with zero attached hydrogens (tertiary/aromatic N) is 1. The summed E-state index contributed by atoms with van der Waals surface area (Å²) >= 11 is 0. The van der Waals surface area contributed by atoms with Crippen molar-refractivity contribution < 1.29 is 13.9 Å². The van der Waals surface area contributed by atoms with Gasteiger partial charge in [0.25, 0.3) is 5.91 Å². The average molecular weight is 341 g/mol. The number of aromatic amines is 1.